The summed E-state index contributed by atoms with van der Waals surface area (Å²) in [6.45, 7) is 0. The Morgan fingerprint density at radius 1 is 1.32 bits per heavy atom. The molecule has 0 saturated carbocycles. The van der Waals surface area contributed by atoms with Gasteiger partial charge < -0.3 is 10.4 Å². The molecule has 0 fully saturated rings. The molecule has 0 saturated heterocycles. The van der Waals surface area contributed by atoms with Crippen molar-refractivity contribution in [2.75, 3.05) is 7.05 Å². The van der Waals surface area contributed by atoms with Gasteiger partial charge in [-0.1, -0.05) is 30.4 Å². The molecule has 1 heterocycles. The number of likely N-dealkylation sites (N-methyl/N-ethyl adjacent to an activating group) is 1. The van der Waals surface area contributed by atoms with E-state index in [9.17, 15) is 5.11 Å². The van der Waals surface area contributed by atoms with Crippen molar-refractivity contribution in [3.05, 3.63) is 53.6 Å². The van der Waals surface area contributed by atoms with Gasteiger partial charge in [0.25, 0.3) is 0 Å². The zero-order valence-electron chi connectivity index (χ0n) is 10.5. The van der Waals surface area contributed by atoms with E-state index in [1.165, 1.54) is 0 Å². The molecule has 19 heavy (non-hydrogen) atoms. The van der Waals surface area contributed by atoms with E-state index in [0.717, 1.165) is 20.8 Å². The Morgan fingerprint density at radius 2 is 2.21 bits per heavy atom. The van der Waals surface area contributed by atoms with Gasteiger partial charge in [0.1, 0.15) is 10.8 Å². The van der Waals surface area contributed by atoms with E-state index in [0.29, 0.717) is 0 Å². The number of aromatic nitrogens is 1. The minimum atomic E-state index is 0.257. The van der Waals surface area contributed by atoms with E-state index in [2.05, 4.69) is 34.6 Å². The highest BCUT2D eigenvalue weighted by Crippen LogP contribution is 2.30. The smallest absolute Gasteiger partial charge is 0.124 e. The van der Waals surface area contributed by atoms with Crippen LogP contribution in [0.1, 0.15) is 5.01 Å². The quantitative estimate of drug-likeness (QED) is 0.881. The van der Waals surface area contributed by atoms with Gasteiger partial charge in [0, 0.05) is 11.6 Å². The molecule has 96 valence electrons. The number of thiazole rings is 1. The van der Waals surface area contributed by atoms with Gasteiger partial charge in [-0.2, -0.15) is 0 Å². The fraction of sp³-hybridized carbons (Fsp3) is 0.133. The minimum absolute atomic E-state index is 0.257. The standard InChI is InChI=1S/C15H14N2OS/c1-16-11-4-2-3-10(5-6-11)15-17-13-8-7-12(18)9-14(13)19-15/h2-9,11,16,18H,1H3. The number of hydrogen-bond acceptors (Lipinski definition) is 4. The van der Waals surface area contributed by atoms with E-state index in [1.807, 2.05) is 19.2 Å². The van der Waals surface area contributed by atoms with Crippen LogP contribution in [-0.2, 0) is 0 Å². The van der Waals surface area contributed by atoms with Crippen molar-refractivity contribution in [2.45, 2.75) is 6.04 Å². The monoisotopic (exact) mass is 270 g/mol. The molecule has 4 heteroatoms. The summed E-state index contributed by atoms with van der Waals surface area (Å²) in [6.07, 6.45) is 10.4. The normalized spacial score (nSPS) is 18.6. The maximum Gasteiger partial charge on any atom is 0.124 e. The van der Waals surface area contributed by atoms with Crippen LogP contribution in [0, 0.1) is 0 Å². The third kappa shape index (κ3) is 2.45. The lowest BCUT2D eigenvalue weighted by Crippen LogP contribution is -2.19. The van der Waals surface area contributed by atoms with E-state index in [-0.39, 0.29) is 11.8 Å². The number of hydrogen-bond donors (Lipinski definition) is 2. The van der Waals surface area contributed by atoms with Crippen LogP contribution < -0.4 is 5.32 Å². The first-order valence-electron chi connectivity index (χ1n) is 6.10. The van der Waals surface area contributed by atoms with Gasteiger partial charge in [-0.05, 0) is 25.2 Å². The second kappa shape index (κ2) is 4.99. The summed E-state index contributed by atoms with van der Waals surface area (Å²) < 4.78 is 1.00. The molecule has 3 rings (SSSR count). The molecular weight excluding hydrogens is 256 g/mol. The number of rotatable bonds is 2. The maximum absolute atomic E-state index is 9.49. The third-order valence-corrected chi connectivity index (χ3v) is 4.10. The number of aromatic hydroxyl groups is 1. The second-order valence-electron chi connectivity index (χ2n) is 4.35. The highest BCUT2D eigenvalue weighted by molar-refractivity contribution is 7.19. The zero-order chi connectivity index (χ0) is 13.2. The van der Waals surface area contributed by atoms with Gasteiger partial charge in [0.15, 0.2) is 0 Å². The number of allylic oxidation sites excluding steroid dienone is 4. The van der Waals surface area contributed by atoms with Crippen molar-refractivity contribution < 1.29 is 5.11 Å². The largest absolute Gasteiger partial charge is 0.508 e. The second-order valence-corrected chi connectivity index (χ2v) is 5.38. The van der Waals surface area contributed by atoms with Crippen molar-refractivity contribution in [2.24, 2.45) is 0 Å². The van der Waals surface area contributed by atoms with Gasteiger partial charge in [-0.3, -0.25) is 0 Å². The molecule has 2 aromatic rings. The molecule has 1 aromatic heterocycles. The first-order chi connectivity index (χ1) is 9.26. The SMILES string of the molecule is CNC1C=CC=C(c2nc3ccc(O)cc3s2)C=C1. The van der Waals surface area contributed by atoms with Gasteiger partial charge in [0.2, 0.25) is 0 Å². The first kappa shape index (κ1) is 12.1. The van der Waals surface area contributed by atoms with E-state index in [1.54, 1.807) is 23.5 Å². The summed E-state index contributed by atoms with van der Waals surface area (Å²) in [7, 11) is 1.94. The Morgan fingerprint density at radius 3 is 3.05 bits per heavy atom. The Balaban J connectivity index is 2.00. The number of benzene rings is 1. The molecule has 1 aromatic carbocycles. The molecule has 0 amide bonds. The number of nitrogens with zero attached hydrogens (tertiary/aromatic N) is 1. The van der Waals surface area contributed by atoms with Crippen LogP contribution in [0.25, 0.3) is 15.8 Å². The summed E-state index contributed by atoms with van der Waals surface area (Å²) in [5.41, 5.74) is 2.01. The number of phenols is 1. The predicted molar refractivity (Wildman–Crippen MR) is 80.4 cm³/mol. The van der Waals surface area contributed by atoms with E-state index in [4.69, 9.17) is 0 Å². The molecule has 3 nitrogen and oxygen atoms in total. The third-order valence-electron chi connectivity index (χ3n) is 3.03. The Labute approximate surface area is 115 Å². The van der Waals surface area contributed by atoms with Crippen molar-refractivity contribution in [3.63, 3.8) is 0 Å². The molecule has 1 atom stereocenters. The van der Waals surface area contributed by atoms with Gasteiger partial charge in [-0.15, -0.1) is 11.3 Å². The van der Waals surface area contributed by atoms with Crippen LogP contribution in [0.4, 0.5) is 0 Å². The lowest BCUT2D eigenvalue weighted by Gasteiger charge is -2.02. The molecular formula is C15H14N2OS. The van der Waals surface area contributed by atoms with E-state index < -0.39 is 0 Å². The fourth-order valence-corrected chi connectivity index (χ4v) is 2.98. The molecule has 2 N–H and O–H groups in total. The Hall–Kier alpha value is -1.91. The first-order valence-corrected chi connectivity index (χ1v) is 6.92. The molecule has 1 unspecified atom stereocenters. The molecule has 0 aliphatic heterocycles. The Kier molecular flexibility index (Phi) is 3.19. The van der Waals surface area contributed by atoms with Crippen molar-refractivity contribution in [1.29, 1.82) is 0 Å². The average molecular weight is 270 g/mol. The van der Waals surface area contributed by atoms with Crippen molar-refractivity contribution in [3.8, 4) is 5.75 Å². The lowest BCUT2D eigenvalue weighted by atomic mass is 10.2. The van der Waals surface area contributed by atoms with Crippen LogP contribution in [-0.4, -0.2) is 23.2 Å². The lowest BCUT2D eigenvalue weighted by molar-refractivity contribution is 0.476. The van der Waals surface area contributed by atoms with Crippen molar-refractivity contribution >= 4 is 27.1 Å². The maximum atomic E-state index is 9.49. The van der Waals surface area contributed by atoms with Crippen LogP contribution in [0.5, 0.6) is 5.75 Å². The topological polar surface area (TPSA) is 45.2 Å². The molecule has 0 spiro atoms. The highest BCUT2D eigenvalue weighted by atomic mass is 32.1. The highest BCUT2D eigenvalue weighted by Gasteiger charge is 2.08. The molecule has 0 bridgehead atoms. The van der Waals surface area contributed by atoms with Gasteiger partial charge in [0.05, 0.1) is 10.2 Å². The van der Waals surface area contributed by atoms with E-state index >= 15 is 0 Å². The van der Waals surface area contributed by atoms with Crippen LogP contribution in [0.3, 0.4) is 0 Å². The summed E-state index contributed by atoms with van der Waals surface area (Å²) in [5.74, 6) is 0.281. The summed E-state index contributed by atoms with van der Waals surface area (Å²) in [4.78, 5) is 4.60. The van der Waals surface area contributed by atoms with Crippen LogP contribution in [0.2, 0.25) is 0 Å². The molecule has 1 aliphatic rings. The van der Waals surface area contributed by atoms with Crippen LogP contribution in [0.15, 0.2) is 48.6 Å². The van der Waals surface area contributed by atoms with Gasteiger partial charge in [-0.25, -0.2) is 4.98 Å². The summed E-state index contributed by atoms with van der Waals surface area (Å²) in [6, 6.07) is 5.52. The average Bonchev–Trinajstić information content (AvgIpc) is 2.68. The molecule has 1 aliphatic carbocycles. The molecule has 0 radical (unpaired) electrons. The van der Waals surface area contributed by atoms with Crippen molar-refractivity contribution in [1.82, 2.24) is 10.3 Å². The minimum Gasteiger partial charge on any atom is -0.508 e. The summed E-state index contributed by atoms with van der Waals surface area (Å²) >= 11 is 1.59. The van der Waals surface area contributed by atoms with Gasteiger partial charge >= 0.3 is 0 Å². The Bertz CT molecular complexity index is 697. The number of phenolic OH excluding ortho intramolecular Hbond substituents is 1. The number of nitrogens with one attached hydrogen (secondary N) is 1. The van der Waals surface area contributed by atoms with Crippen LogP contribution >= 0.6 is 11.3 Å². The predicted octanol–water partition coefficient (Wildman–Crippen LogP) is 3.10. The number of fused-ring (bicyclic) bond motifs is 1. The fourth-order valence-electron chi connectivity index (χ4n) is 1.98. The summed E-state index contributed by atoms with van der Waals surface area (Å²) in [5, 5.41) is 13.7. The zero-order valence-corrected chi connectivity index (χ0v) is 11.3.